The van der Waals surface area contributed by atoms with Crippen LogP contribution in [0.2, 0.25) is 10.0 Å². The summed E-state index contributed by atoms with van der Waals surface area (Å²) in [5, 5.41) is 7.39. The zero-order chi connectivity index (χ0) is 24.2. The van der Waals surface area contributed by atoms with E-state index in [-0.39, 0.29) is 11.0 Å². The fourth-order valence-electron chi connectivity index (χ4n) is 3.27. The molecule has 0 unspecified atom stereocenters. The molecule has 172 valence electrons. The van der Waals surface area contributed by atoms with E-state index in [1.165, 1.54) is 23.0 Å². The summed E-state index contributed by atoms with van der Waals surface area (Å²) < 4.78 is 1.06. The summed E-state index contributed by atoms with van der Waals surface area (Å²) in [6.07, 6.45) is 3.18. The van der Waals surface area contributed by atoms with Gasteiger partial charge in [-0.1, -0.05) is 73.4 Å². The summed E-state index contributed by atoms with van der Waals surface area (Å²) in [7, 11) is 0. The molecule has 2 N–H and O–H groups in total. The van der Waals surface area contributed by atoms with Crippen LogP contribution in [0.4, 0.5) is 5.69 Å². The molecule has 0 spiro atoms. The zero-order valence-electron chi connectivity index (χ0n) is 18.4. The number of hydrogen-bond acceptors (Lipinski definition) is 4. The van der Waals surface area contributed by atoms with E-state index >= 15 is 0 Å². The predicted molar refractivity (Wildman–Crippen MR) is 149 cm³/mol. The number of thiocarbonyl (C=S) groups is 1. The van der Waals surface area contributed by atoms with Gasteiger partial charge in [-0.05, 0) is 59.6 Å². The Morgan fingerprint density at radius 3 is 2.50 bits per heavy atom. The van der Waals surface area contributed by atoms with Gasteiger partial charge in [0.15, 0.2) is 5.11 Å². The van der Waals surface area contributed by atoms with Crippen molar-refractivity contribution < 1.29 is 4.79 Å². The Morgan fingerprint density at radius 2 is 1.79 bits per heavy atom. The van der Waals surface area contributed by atoms with Crippen molar-refractivity contribution in [1.29, 1.82) is 0 Å². The lowest BCUT2D eigenvalue weighted by Gasteiger charge is -2.12. The summed E-state index contributed by atoms with van der Waals surface area (Å²) in [6.45, 7) is 4.28. The van der Waals surface area contributed by atoms with Gasteiger partial charge in [-0.25, -0.2) is 4.98 Å². The molecule has 3 aromatic carbocycles. The highest BCUT2D eigenvalue weighted by Crippen LogP contribution is 2.38. The molecule has 0 bridgehead atoms. The van der Waals surface area contributed by atoms with Crippen LogP contribution in [0.15, 0.2) is 66.7 Å². The molecule has 1 amide bonds. The molecule has 0 radical (unpaired) electrons. The molecule has 4 rings (SSSR count). The smallest absolute Gasteiger partial charge is 0.250 e. The average molecular weight is 527 g/mol. The lowest BCUT2D eigenvalue weighted by molar-refractivity contribution is -0.115. The maximum atomic E-state index is 12.3. The van der Waals surface area contributed by atoms with Gasteiger partial charge >= 0.3 is 0 Å². The van der Waals surface area contributed by atoms with Crippen LogP contribution < -0.4 is 10.6 Å². The van der Waals surface area contributed by atoms with Crippen LogP contribution in [0.3, 0.4) is 0 Å². The fourth-order valence-corrected chi connectivity index (χ4v) is 5.05. The predicted octanol–water partition coefficient (Wildman–Crippen LogP) is 7.92. The molecule has 8 heteroatoms. The molecular weight excluding hydrogens is 505 g/mol. The van der Waals surface area contributed by atoms with Gasteiger partial charge in [0.2, 0.25) is 5.91 Å². The summed E-state index contributed by atoms with van der Waals surface area (Å²) >= 11 is 19.7. The number of amides is 1. The first-order valence-electron chi connectivity index (χ1n) is 10.5. The Bertz CT molecular complexity index is 1360. The first-order chi connectivity index (χ1) is 16.3. The fraction of sp³-hybridized carbons (Fsp3) is 0.115. The summed E-state index contributed by atoms with van der Waals surface area (Å²) in [5.41, 5.74) is 4.33. The largest absolute Gasteiger partial charge is 0.331 e. The van der Waals surface area contributed by atoms with Crippen molar-refractivity contribution >= 4 is 79.8 Å². The minimum absolute atomic E-state index is 0.129. The number of halogens is 2. The quantitative estimate of drug-likeness (QED) is 0.205. The third-order valence-corrected chi connectivity index (χ3v) is 7.00. The van der Waals surface area contributed by atoms with E-state index in [1.54, 1.807) is 18.2 Å². The van der Waals surface area contributed by atoms with Gasteiger partial charge in [-0.2, -0.15) is 0 Å². The number of carbonyl (C=O) groups is 1. The summed E-state index contributed by atoms with van der Waals surface area (Å²) in [6, 6.07) is 19.4. The highest BCUT2D eigenvalue weighted by Gasteiger charge is 2.14. The van der Waals surface area contributed by atoms with Crippen LogP contribution in [0.25, 0.3) is 26.9 Å². The van der Waals surface area contributed by atoms with E-state index < -0.39 is 0 Å². The third-order valence-electron chi connectivity index (χ3n) is 5.10. The lowest BCUT2D eigenvalue weighted by Crippen LogP contribution is -2.32. The third kappa shape index (κ3) is 5.83. The van der Waals surface area contributed by atoms with Crippen LogP contribution in [0.1, 0.15) is 30.9 Å². The number of carbonyl (C=O) groups excluding carboxylic acids is 1. The van der Waals surface area contributed by atoms with Gasteiger partial charge in [0.25, 0.3) is 0 Å². The molecule has 0 saturated heterocycles. The number of thiazole rings is 1. The van der Waals surface area contributed by atoms with Crippen molar-refractivity contribution in [3.05, 3.63) is 87.9 Å². The van der Waals surface area contributed by atoms with Crippen molar-refractivity contribution in [1.82, 2.24) is 10.3 Å². The number of rotatable bonds is 5. The lowest BCUT2D eigenvalue weighted by atomic mass is 10.0. The van der Waals surface area contributed by atoms with Crippen molar-refractivity contribution in [2.24, 2.45) is 0 Å². The van der Waals surface area contributed by atoms with Crippen molar-refractivity contribution in [2.45, 2.75) is 19.8 Å². The topological polar surface area (TPSA) is 54.0 Å². The number of anilines is 1. The summed E-state index contributed by atoms with van der Waals surface area (Å²) in [5.74, 6) is 0.113. The maximum absolute atomic E-state index is 12.3. The number of nitrogens with zero attached hydrogens (tertiary/aromatic N) is 1. The van der Waals surface area contributed by atoms with E-state index in [0.29, 0.717) is 21.7 Å². The van der Waals surface area contributed by atoms with Gasteiger partial charge in [-0.15, -0.1) is 11.3 Å². The highest BCUT2D eigenvalue weighted by atomic mass is 35.5. The second-order valence-electron chi connectivity index (χ2n) is 7.90. The van der Waals surface area contributed by atoms with Crippen molar-refractivity contribution in [3.8, 4) is 10.6 Å². The van der Waals surface area contributed by atoms with Gasteiger partial charge in [0.05, 0.1) is 25.9 Å². The highest BCUT2D eigenvalue weighted by molar-refractivity contribution is 7.80. The molecule has 34 heavy (non-hydrogen) atoms. The number of benzene rings is 3. The number of para-hydroxylation sites is 1. The maximum Gasteiger partial charge on any atom is 0.250 e. The monoisotopic (exact) mass is 525 g/mol. The Kier molecular flexibility index (Phi) is 7.63. The van der Waals surface area contributed by atoms with Gasteiger partial charge in [0.1, 0.15) is 5.01 Å². The van der Waals surface area contributed by atoms with Crippen LogP contribution in [-0.4, -0.2) is 16.0 Å². The minimum atomic E-state index is -0.345. The van der Waals surface area contributed by atoms with Crippen LogP contribution in [0, 0.1) is 0 Å². The molecule has 1 heterocycles. The Hall–Kier alpha value is -2.77. The molecular formula is C26H21Cl2N3OS2. The first-order valence-corrected chi connectivity index (χ1v) is 12.5. The van der Waals surface area contributed by atoms with Crippen LogP contribution in [-0.2, 0) is 4.79 Å². The molecule has 0 saturated carbocycles. The van der Waals surface area contributed by atoms with Gasteiger partial charge in [0, 0.05) is 11.6 Å². The molecule has 4 nitrogen and oxygen atoms in total. The second kappa shape index (κ2) is 10.7. The molecule has 0 fully saturated rings. The molecule has 0 aliphatic carbocycles. The molecule has 4 aromatic rings. The number of fused-ring (bicyclic) bond motifs is 1. The number of hydrogen-bond donors (Lipinski definition) is 2. The van der Waals surface area contributed by atoms with Gasteiger partial charge < -0.3 is 5.32 Å². The van der Waals surface area contributed by atoms with E-state index in [4.69, 9.17) is 35.4 Å². The standard InChI is InChI=1S/C26H21Cl2N3OS2/c1-15(2)17-10-7-16(8-11-17)9-12-24(32)31-26(33)30-22-13-18(19(27)14-20(22)28)25-29-21-5-3-4-6-23(21)34-25/h3-15H,1-2H3,(H2,30,31,32,33). The Balaban J connectivity index is 1.45. The Labute approximate surface area is 217 Å². The van der Waals surface area contributed by atoms with Gasteiger partial charge in [-0.3, -0.25) is 10.1 Å². The molecule has 0 aliphatic rings. The van der Waals surface area contributed by atoms with E-state index in [0.717, 1.165) is 26.4 Å². The molecule has 1 aromatic heterocycles. The van der Waals surface area contributed by atoms with Crippen molar-refractivity contribution in [2.75, 3.05) is 5.32 Å². The summed E-state index contributed by atoms with van der Waals surface area (Å²) in [4.78, 5) is 17.0. The van der Waals surface area contributed by atoms with Crippen molar-refractivity contribution in [3.63, 3.8) is 0 Å². The first kappa shape index (κ1) is 24.4. The van der Waals surface area contributed by atoms with Crippen LogP contribution in [0.5, 0.6) is 0 Å². The number of aromatic nitrogens is 1. The van der Waals surface area contributed by atoms with E-state index in [9.17, 15) is 4.79 Å². The Morgan fingerprint density at radius 1 is 1.06 bits per heavy atom. The molecule has 0 aliphatic heterocycles. The van der Waals surface area contributed by atoms with E-state index in [2.05, 4.69) is 41.6 Å². The number of nitrogens with one attached hydrogen (secondary N) is 2. The normalized spacial score (nSPS) is 11.3. The van der Waals surface area contributed by atoms with E-state index in [1.807, 2.05) is 36.4 Å². The van der Waals surface area contributed by atoms with Crippen LogP contribution >= 0.6 is 46.8 Å². The molecule has 0 atom stereocenters. The average Bonchev–Trinajstić information content (AvgIpc) is 3.23. The minimum Gasteiger partial charge on any atom is -0.331 e. The zero-order valence-corrected chi connectivity index (χ0v) is 21.6. The SMILES string of the molecule is CC(C)c1ccc(C=CC(=O)NC(=S)Nc2cc(-c3nc4ccccc4s3)c(Cl)cc2Cl)cc1. The second-order valence-corrected chi connectivity index (χ2v) is 10.2.